The van der Waals surface area contributed by atoms with Crippen molar-refractivity contribution in [1.29, 1.82) is 0 Å². The van der Waals surface area contributed by atoms with E-state index in [1.165, 1.54) is 6.42 Å². The van der Waals surface area contributed by atoms with Crippen LogP contribution in [0.2, 0.25) is 0 Å². The van der Waals surface area contributed by atoms with E-state index in [2.05, 4.69) is 6.92 Å². The average molecular weight is 174 g/mol. The monoisotopic (exact) mass is 174 g/mol. The Kier molecular flexibility index (Phi) is 3.77. The van der Waals surface area contributed by atoms with E-state index in [1.807, 2.05) is 11.8 Å². The molecule has 0 N–H and O–H groups in total. The van der Waals surface area contributed by atoms with Gasteiger partial charge in [0.05, 0.1) is 13.0 Å². The van der Waals surface area contributed by atoms with E-state index in [9.17, 15) is 4.79 Å². The summed E-state index contributed by atoms with van der Waals surface area (Å²) < 4.78 is 4.84. The van der Waals surface area contributed by atoms with Gasteiger partial charge in [0.2, 0.25) is 0 Å². The van der Waals surface area contributed by atoms with Gasteiger partial charge in [0, 0.05) is 5.25 Å². The molecule has 11 heavy (non-hydrogen) atoms. The molecule has 1 aliphatic rings. The molecule has 1 atom stereocenters. The third kappa shape index (κ3) is 3.14. The van der Waals surface area contributed by atoms with Crippen molar-refractivity contribution < 1.29 is 9.53 Å². The zero-order valence-corrected chi connectivity index (χ0v) is 7.65. The van der Waals surface area contributed by atoms with Crippen LogP contribution in [0.5, 0.6) is 0 Å². The van der Waals surface area contributed by atoms with Gasteiger partial charge in [0.15, 0.2) is 0 Å². The van der Waals surface area contributed by atoms with Crippen LogP contribution >= 0.6 is 11.8 Å². The Morgan fingerprint density at radius 1 is 1.73 bits per heavy atom. The Balaban J connectivity index is 2.17. The van der Waals surface area contributed by atoms with E-state index in [0.717, 1.165) is 12.2 Å². The van der Waals surface area contributed by atoms with Crippen LogP contribution < -0.4 is 0 Å². The minimum Gasteiger partial charge on any atom is -0.466 e. The van der Waals surface area contributed by atoms with Crippen LogP contribution in [0.15, 0.2) is 0 Å². The normalized spacial score (nSPS) is 24.8. The summed E-state index contributed by atoms with van der Waals surface area (Å²) in [6.45, 7) is 2.79. The highest BCUT2D eigenvalue weighted by Gasteiger charge is 2.20. The molecule has 0 aliphatic carbocycles. The Labute approximate surface area is 71.7 Å². The van der Waals surface area contributed by atoms with Crippen molar-refractivity contribution >= 4 is 17.7 Å². The first-order chi connectivity index (χ1) is 5.33. The SMILES string of the molecule is CCCSC1CCOC(=O)C1. The number of ether oxygens (including phenoxy) is 1. The summed E-state index contributed by atoms with van der Waals surface area (Å²) in [5, 5.41) is 0.524. The molecule has 1 fully saturated rings. The molecule has 0 radical (unpaired) electrons. The van der Waals surface area contributed by atoms with Crippen LogP contribution in [-0.4, -0.2) is 23.6 Å². The summed E-state index contributed by atoms with van der Waals surface area (Å²) in [6, 6.07) is 0. The van der Waals surface area contributed by atoms with E-state index < -0.39 is 0 Å². The summed E-state index contributed by atoms with van der Waals surface area (Å²) in [5.74, 6) is 1.14. The number of cyclic esters (lactones) is 1. The number of thioether (sulfide) groups is 1. The zero-order valence-electron chi connectivity index (χ0n) is 6.84. The standard InChI is InChI=1S/C8H14O2S/c1-2-5-11-7-3-4-10-8(9)6-7/h7H,2-6H2,1H3. The highest BCUT2D eigenvalue weighted by molar-refractivity contribution is 7.99. The van der Waals surface area contributed by atoms with Gasteiger partial charge in [-0.3, -0.25) is 4.79 Å². The molecule has 0 aromatic rings. The van der Waals surface area contributed by atoms with E-state index in [4.69, 9.17) is 4.74 Å². The number of esters is 1. The van der Waals surface area contributed by atoms with Crippen LogP contribution in [0.25, 0.3) is 0 Å². The van der Waals surface area contributed by atoms with Crippen LogP contribution in [0, 0.1) is 0 Å². The van der Waals surface area contributed by atoms with Gasteiger partial charge >= 0.3 is 5.97 Å². The molecule has 0 bridgehead atoms. The lowest BCUT2D eigenvalue weighted by Crippen LogP contribution is -2.22. The van der Waals surface area contributed by atoms with Gasteiger partial charge in [-0.15, -0.1) is 0 Å². The predicted octanol–water partition coefficient (Wildman–Crippen LogP) is 1.84. The van der Waals surface area contributed by atoms with Gasteiger partial charge in [-0.1, -0.05) is 6.92 Å². The van der Waals surface area contributed by atoms with Gasteiger partial charge < -0.3 is 4.74 Å². The highest BCUT2D eigenvalue weighted by Crippen LogP contribution is 2.22. The molecule has 0 spiro atoms. The molecule has 1 heterocycles. The second-order valence-corrected chi connectivity index (χ2v) is 4.11. The first-order valence-corrected chi connectivity index (χ1v) is 5.15. The lowest BCUT2D eigenvalue weighted by atomic mass is 10.2. The maximum Gasteiger partial charge on any atom is 0.306 e. The molecule has 2 nitrogen and oxygen atoms in total. The van der Waals surface area contributed by atoms with E-state index in [1.54, 1.807) is 0 Å². The van der Waals surface area contributed by atoms with E-state index in [0.29, 0.717) is 18.3 Å². The van der Waals surface area contributed by atoms with Crippen molar-refractivity contribution in [3.63, 3.8) is 0 Å². The molecular formula is C8H14O2S. The molecule has 0 amide bonds. The Bertz CT molecular complexity index is 136. The van der Waals surface area contributed by atoms with Gasteiger partial charge in [-0.05, 0) is 18.6 Å². The molecule has 0 aromatic carbocycles. The maximum atomic E-state index is 10.8. The molecular weight excluding hydrogens is 160 g/mol. The van der Waals surface area contributed by atoms with Crippen molar-refractivity contribution in [1.82, 2.24) is 0 Å². The first-order valence-electron chi connectivity index (χ1n) is 4.10. The van der Waals surface area contributed by atoms with Crippen LogP contribution in [-0.2, 0) is 9.53 Å². The van der Waals surface area contributed by atoms with Gasteiger partial charge in [-0.2, -0.15) is 11.8 Å². The number of hydrogen-bond acceptors (Lipinski definition) is 3. The van der Waals surface area contributed by atoms with Crippen LogP contribution in [0.1, 0.15) is 26.2 Å². The van der Waals surface area contributed by atoms with Gasteiger partial charge in [-0.25, -0.2) is 0 Å². The molecule has 0 aromatic heterocycles. The molecule has 1 rings (SSSR count). The Morgan fingerprint density at radius 2 is 2.55 bits per heavy atom. The fourth-order valence-electron chi connectivity index (χ4n) is 1.08. The summed E-state index contributed by atoms with van der Waals surface area (Å²) in [6.07, 6.45) is 2.84. The quantitative estimate of drug-likeness (QED) is 0.611. The maximum absolute atomic E-state index is 10.8. The second kappa shape index (κ2) is 4.65. The lowest BCUT2D eigenvalue weighted by Gasteiger charge is -2.20. The van der Waals surface area contributed by atoms with Gasteiger partial charge in [0.1, 0.15) is 0 Å². The number of carbonyl (C=O) groups is 1. The number of carbonyl (C=O) groups excluding carboxylic acids is 1. The smallest absolute Gasteiger partial charge is 0.306 e. The summed E-state index contributed by atoms with van der Waals surface area (Å²) in [5.41, 5.74) is 0. The third-order valence-electron chi connectivity index (χ3n) is 1.65. The van der Waals surface area contributed by atoms with Crippen molar-refractivity contribution in [2.24, 2.45) is 0 Å². The molecule has 3 heteroatoms. The topological polar surface area (TPSA) is 26.3 Å². The lowest BCUT2D eigenvalue weighted by molar-refractivity contribution is -0.146. The van der Waals surface area contributed by atoms with E-state index in [-0.39, 0.29) is 5.97 Å². The average Bonchev–Trinajstić information content (AvgIpc) is 2.01. The molecule has 0 saturated carbocycles. The number of rotatable bonds is 3. The van der Waals surface area contributed by atoms with Crippen molar-refractivity contribution in [3.05, 3.63) is 0 Å². The molecule has 1 unspecified atom stereocenters. The predicted molar refractivity (Wildman–Crippen MR) is 46.7 cm³/mol. The van der Waals surface area contributed by atoms with Crippen LogP contribution in [0.3, 0.4) is 0 Å². The molecule has 1 aliphatic heterocycles. The van der Waals surface area contributed by atoms with Crippen molar-refractivity contribution in [2.75, 3.05) is 12.4 Å². The summed E-state index contributed by atoms with van der Waals surface area (Å²) >= 11 is 1.90. The fraction of sp³-hybridized carbons (Fsp3) is 0.875. The number of hydrogen-bond donors (Lipinski definition) is 0. The Morgan fingerprint density at radius 3 is 3.18 bits per heavy atom. The minimum absolute atomic E-state index is 0.0233. The minimum atomic E-state index is -0.0233. The Hall–Kier alpha value is -0.180. The van der Waals surface area contributed by atoms with Crippen molar-refractivity contribution in [2.45, 2.75) is 31.4 Å². The fourth-order valence-corrected chi connectivity index (χ4v) is 2.16. The highest BCUT2D eigenvalue weighted by atomic mass is 32.2. The third-order valence-corrected chi connectivity index (χ3v) is 3.17. The second-order valence-electron chi connectivity index (χ2n) is 2.71. The van der Waals surface area contributed by atoms with Crippen LogP contribution in [0.4, 0.5) is 0 Å². The summed E-state index contributed by atoms with van der Waals surface area (Å²) in [7, 11) is 0. The molecule has 64 valence electrons. The summed E-state index contributed by atoms with van der Waals surface area (Å²) in [4.78, 5) is 10.8. The zero-order chi connectivity index (χ0) is 8.10. The molecule has 1 saturated heterocycles. The van der Waals surface area contributed by atoms with E-state index >= 15 is 0 Å². The largest absolute Gasteiger partial charge is 0.466 e. The first kappa shape index (κ1) is 8.91. The van der Waals surface area contributed by atoms with Gasteiger partial charge in [0.25, 0.3) is 0 Å². The van der Waals surface area contributed by atoms with Crippen molar-refractivity contribution in [3.8, 4) is 0 Å².